The predicted octanol–water partition coefficient (Wildman–Crippen LogP) is 3.62. The van der Waals surface area contributed by atoms with Crippen LogP contribution in [0.2, 0.25) is 0 Å². The Morgan fingerprint density at radius 3 is 2.19 bits per heavy atom. The molecule has 2 aromatic carbocycles. The first-order chi connectivity index (χ1) is 14.9. The average Bonchev–Trinajstić information content (AvgIpc) is 2.72. The molecule has 0 saturated carbocycles. The summed E-state index contributed by atoms with van der Waals surface area (Å²) in [5.74, 6) is 0. The Bertz CT molecular complexity index is 1210. The van der Waals surface area contributed by atoms with E-state index in [-0.39, 0.29) is 10.5 Å². The lowest BCUT2D eigenvalue weighted by atomic mass is 10.0. The van der Waals surface area contributed by atoms with Crippen LogP contribution in [0, 0.1) is 0 Å². The molecule has 0 atom stereocenters. The minimum Gasteiger partial charge on any atom is -0.213 e. The third kappa shape index (κ3) is 5.97. The molecule has 1 aliphatic heterocycles. The summed E-state index contributed by atoms with van der Waals surface area (Å²) in [6, 6.07) is 11.0. The van der Waals surface area contributed by atoms with Crippen LogP contribution in [0.25, 0.3) is 6.08 Å². The van der Waals surface area contributed by atoms with Crippen molar-refractivity contribution >= 4 is 26.1 Å². The van der Waals surface area contributed by atoms with E-state index in [1.165, 1.54) is 34.6 Å². The van der Waals surface area contributed by atoms with Crippen LogP contribution in [-0.4, -0.2) is 40.5 Å². The molecule has 0 bridgehead atoms. The average molecular weight is 489 g/mol. The van der Waals surface area contributed by atoms with E-state index in [0.717, 1.165) is 17.9 Å². The maximum atomic E-state index is 13.2. The van der Waals surface area contributed by atoms with Crippen LogP contribution in [0.15, 0.2) is 59.0 Å². The number of rotatable bonds is 6. The fourth-order valence-corrected chi connectivity index (χ4v) is 5.56. The summed E-state index contributed by atoms with van der Waals surface area (Å²) in [4.78, 5) is -0.0532. The molecule has 0 aliphatic carbocycles. The molecule has 174 valence electrons. The molecule has 0 aromatic heterocycles. The number of halogens is 3. The highest BCUT2D eigenvalue weighted by Crippen LogP contribution is 2.32. The monoisotopic (exact) mass is 488 g/mol. The van der Waals surface area contributed by atoms with Crippen molar-refractivity contribution < 1.29 is 30.0 Å². The summed E-state index contributed by atoms with van der Waals surface area (Å²) >= 11 is 0. The molecule has 0 spiro atoms. The minimum atomic E-state index is -4.59. The summed E-state index contributed by atoms with van der Waals surface area (Å²) < 4.78 is 92.3. The summed E-state index contributed by atoms with van der Waals surface area (Å²) in [5.41, 5.74) is 0.227. The van der Waals surface area contributed by atoms with Gasteiger partial charge in [0.1, 0.15) is 0 Å². The van der Waals surface area contributed by atoms with E-state index in [0.29, 0.717) is 31.5 Å². The van der Waals surface area contributed by atoms with Crippen molar-refractivity contribution in [1.29, 1.82) is 0 Å². The normalized spacial score (nSPS) is 16.2. The highest BCUT2D eigenvalue weighted by molar-refractivity contribution is 7.89. The second-order valence-electron chi connectivity index (χ2n) is 7.48. The van der Waals surface area contributed by atoms with E-state index in [9.17, 15) is 30.0 Å². The zero-order valence-corrected chi connectivity index (χ0v) is 18.9. The number of piperidine rings is 1. The van der Waals surface area contributed by atoms with Gasteiger partial charge < -0.3 is 0 Å². The number of hydrogen-bond acceptors (Lipinski definition) is 4. The number of nitrogens with zero attached hydrogens (tertiary/aromatic N) is 1. The van der Waals surface area contributed by atoms with Gasteiger partial charge in [0.15, 0.2) is 0 Å². The van der Waals surface area contributed by atoms with Crippen molar-refractivity contribution in [3.63, 3.8) is 0 Å². The third-order valence-corrected chi connectivity index (χ3v) is 7.96. The van der Waals surface area contributed by atoms with Crippen LogP contribution in [0.4, 0.5) is 13.2 Å². The first kappa shape index (κ1) is 24.4. The topological polar surface area (TPSA) is 83.6 Å². The Morgan fingerprint density at radius 1 is 0.969 bits per heavy atom. The third-order valence-electron chi connectivity index (χ3n) is 5.18. The van der Waals surface area contributed by atoms with Gasteiger partial charge in [0.05, 0.1) is 16.7 Å². The molecule has 1 saturated heterocycles. The van der Waals surface area contributed by atoms with Gasteiger partial charge in [0.2, 0.25) is 20.0 Å². The number of nitrogens with one attached hydrogen (secondary N) is 1. The molecule has 1 fully saturated rings. The van der Waals surface area contributed by atoms with Gasteiger partial charge in [-0.15, -0.1) is 0 Å². The van der Waals surface area contributed by atoms with E-state index in [4.69, 9.17) is 0 Å². The van der Waals surface area contributed by atoms with Crippen molar-refractivity contribution in [2.75, 3.05) is 19.3 Å². The van der Waals surface area contributed by atoms with Crippen LogP contribution in [0.5, 0.6) is 0 Å². The molecular formula is C21H23F3N2O4S2. The van der Waals surface area contributed by atoms with Crippen LogP contribution < -0.4 is 4.72 Å². The molecule has 6 nitrogen and oxygen atoms in total. The highest BCUT2D eigenvalue weighted by atomic mass is 32.2. The second-order valence-corrected chi connectivity index (χ2v) is 11.2. The van der Waals surface area contributed by atoms with Gasteiger partial charge in [-0.25, -0.2) is 25.9 Å². The molecule has 32 heavy (non-hydrogen) atoms. The Balaban J connectivity index is 1.81. The fraction of sp³-hybridized carbons (Fsp3) is 0.333. The second kappa shape index (κ2) is 9.34. The van der Waals surface area contributed by atoms with Crippen LogP contribution in [0.1, 0.15) is 29.5 Å². The summed E-state index contributed by atoms with van der Waals surface area (Å²) in [6.45, 7) is 0.115. The van der Waals surface area contributed by atoms with Crippen molar-refractivity contribution in [1.82, 2.24) is 9.03 Å². The lowest BCUT2D eigenvalue weighted by Gasteiger charge is -2.26. The SMILES string of the molecule is CS(=O)(=O)N1CCC(=Cc2ccccc2S(=O)(=O)NCc2ccccc2C(F)(F)F)CC1. The van der Waals surface area contributed by atoms with Gasteiger partial charge in [0.25, 0.3) is 0 Å². The molecule has 2 aromatic rings. The molecule has 0 amide bonds. The van der Waals surface area contributed by atoms with Gasteiger partial charge in [-0.1, -0.05) is 48.0 Å². The quantitative estimate of drug-likeness (QED) is 0.673. The van der Waals surface area contributed by atoms with E-state index in [1.807, 2.05) is 0 Å². The van der Waals surface area contributed by atoms with E-state index in [1.54, 1.807) is 18.2 Å². The number of sulfonamides is 2. The maximum absolute atomic E-state index is 13.2. The van der Waals surface area contributed by atoms with Gasteiger partial charge in [0, 0.05) is 19.6 Å². The minimum absolute atomic E-state index is 0.0532. The van der Waals surface area contributed by atoms with E-state index < -0.39 is 38.3 Å². The predicted molar refractivity (Wildman–Crippen MR) is 116 cm³/mol. The molecule has 0 unspecified atom stereocenters. The van der Waals surface area contributed by atoms with Gasteiger partial charge in [-0.05, 0) is 36.1 Å². The van der Waals surface area contributed by atoms with Crippen molar-refractivity contribution in [2.24, 2.45) is 0 Å². The Kier molecular flexibility index (Phi) is 7.13. The van der Waals surface area contributed by atoms with Crippen molar-refractivity contribution in [3.05, 3.63) is 70.8 Å². The highest BCUT2D eigenvalue weighted by Gasteiger charge is 2.33. The standard InChI is InChI=1S/C21H23F3N2O4S2/c1-31(27,28)26-12-10-16(11-13-26)14-17-6-3-5-9-20(17)32(29,30)25-15-18-7-2-4-8-19(18)21(22,23)24/h2-9,14,25H,10-13,15H2,1H3. The van der Waals surface area contributed by atoms with Crippen molar-refractivity contribution in [3.8, 4) is 0 Å². The number of alkyl halides is 3. The first-order valence-electron chi connectivity index (χ1n) is 9.76. The fourth-order valence-electron chi connectivity index (χ4n) is 3.52. The zero-order valence-electron chi connectivity index (χ0n) is 17.3. The van der Waals surface area contributed by atoms with Gasteiger partial charge >= 0.3 is 6.18 Å². The Labute approximate surface area is 185 Å². The molecular weight excluding hydrogens is 465 g/mol. The molecule has 11 heteroatoms. The molecule has 1 heterocycles. The van der Waals surface area contributed by atoms with E-state index >= 15 is 0 Å². The largest absolute Gasteiger partial charge is 0.416 e. The van der Waals surface area contributed by atoms with Crippen molar-refractivity contribution in [2.45, 2.75) is 30.5 Å². The molecule has 1 N–H and O–H groups in total. The molecule has 3 rings (SSSR count). The maximum Gasteiger partial charge on any atom is 0.416 e. The number of benzene rings is 2. The van der Waals surface area contributed by atoms with Gasteiger partial charge in [-0.2, -0.15) is 13.2 Å². The van der Waals surface area contributed by atoms with Crippen LogP contribution in [-0.2, 0) is 32.8 Å². The number of hydrogen-bond donors (Lipinski definition) is 1. The molecule has 0 radical (unpaired) electrons. The summed E-state index contributed by atoms with van der Waals surface area (Å²) in [6.07, 6.45) is -0.809. The van der Waals surface area contributed by atoms with E-state index in [2.05, 4.69) is 4.72 Å². The smallest absolute Gasteiger partial charge is 0.213 e. The summed E-state index contributed by atoms with van der Waals surface area (Å²) in [5, 5.41) is 0. The van der Waals surface area contributed by atoms with Crippen LogP contribution >= 0.6 is 0 Å². The zero-order chi connectivity index (χ0) is 23.6. The summed E-state index contributed by atoms with van der Waals surface area (Å²) in [7, 11) is -7.39. The van der Waals surface area contributed by atoms with Crippen LogP contribution in [0.3, 0.4) is 0 Å². The lowest BCUT2D eigenvalue weighted by Crippen LogP contribution is -2.35. The lowest BCUT2D eigenvalue weighted by molar-refractivity contribution is -0.138. The molecule has 1 aliphatic rings. The first-order valence-corrected chi connectivity index (χ1v) is 13.1. The Hall–Kier alpha value is -2.21. The Morgan fingerprint density at radius 2 is 1.56 bits per heavy atom. The van der Waals surface area contributed by atoms with Gasteiger partial charge in [-0.3, -0.25) is 0 Å².